The molecule has 0 bridgehead atoms. The average molecular weight is 322 g/mol. The Labute approximate surface area is 138 Å². The number of aromatic nitrogens is 2. The third-order valence-corrected chi connectivity index (χ3v) is 4.36. The first-order valence-corrected chi connectivity index (χ1v) is 8.50. The number of nitrogens with one attached hydrogen (secondary N) is 3. The van der Waals surface area contributed by atoms with E-state index in [9.17, 15) is 4.79 Å². The molecule has 3 unspecified atom stereocenters. The molecule has 1 aromatic heterocycles. The van der Waals surface area contributed by atoms with E-state index in [0.29, 0.717) is 24.3 Å². The first kappa shape index (κ1) is 17.8. The monoisotopic (exact) mass is 322 g/mol. The molecule has 1 aromatic rings. The van der Waals surface area contributed by atoms with Gasteiger partial charge < -0.3 is 10.1 Å². The van der Waals surface area contributed by atoms with Crippen molar-refractivity contribution >= 4 is 11.9 Å². The van der Waals surface area contributed by atoms with Crippen LogP contribution in [-0.4, -0.2) is 27.9 Å². The van der Waals surface area contributed by atoms with Crippen LogP contribution in [0.15, 0.2) is 6.20 Å². The Bertz CT molecular complexity index is 521. The summed E-state index contributed by atoms with van der Waals surface area (Å²) in [4.78, 5) is 11.9. The lowest BCUT2D eigenvalue weighted by molar-refractivity contribution is 0.0635. The van der Waals surface area contributed by atoms with E-state index < -0.39 is 11.7 Å². The smallest absolute Gasteiger partial charge is 0.413 e. The lowest BCUT2D eigenvalue weighted by Crippen LogP contribution is -2.39. The number of rotatable bonds is 4. The maximum absolute atomic E-state index is 11.9. The maximum atomic E-state index is 11.9. The van der Waals surface area contributed by atoms with Crippen LogP contribution in [0.5, 0.6) is 0 Å². The zero-order valence-corrected chi connectivity index (χ0v) is 14.9. The van der Waals surface area contributed by atoms with Gasteiger partial charge in [-0.3, -0.25) is 10.4 Å². The summed E-state index contributed by atoms with van der Waals surface area (Å²) in [5.41, 5.74) is 0.428. The van der Waals surface area contributed by atoms with Crippen molar-refractivity contribution in [2.45, 2.75) is 72.1 Å². The molecule has 0 spiro atoms. The minimum absolute atomic E-state index is 0.470. The predicted molar refractivity (Wildman–Crippen MR) is 91.3 cm³/mol. The SMILES string of the molecule is CC1CCC(C)C(NCc2cn[nH]c2NC(=O)OC(C)(C)C)C1. The number of aromatic amines is 1. The second-order valence-corrected chi connectivity index (χ2v) is 7.78. The van der Waals surface area contributed by atoms with Crippen molar-refractivity contribution in [3.05, 3.63) is 11.8 Å². The summed E-state index contributed by atoms with van der Waals surface area (Å²) in [5.74, 6) is 2.05. The minimum atomic E-state index is -0.518. The summed E-state index contributed by atoms with van der Waals surface area (Å²) in [6.45, 7) is 10.8. The van der Waals surface area contributed by atoms with Gasteiger partial charge in [-0.1, -0.05) is 20.3 Å². The average Bonchev–Trinajstić information content (AvgIpc) is 2.85. The van der Waals surface area contributed by atoms with Crippen molar-refractivity contribution in [2.24, 2.45) is 11.8 Å². The van der Waals surface area contributed by atoms with E-state index >= 15 is 0 Å². The summed E-state index contributed by atoms with van der Waals surface area (Å²) in [7, 11) is 0. The summed E-state index contributed by atoms with van der Waals surface area (Å²) < 4.78 is 5.27. The number of hydrogen-bond acceptors (Lipinski definition) is 4. The van der Waals surface area contributed by atoms with E-state index in [4.69, 9.17) is 4.74 Å². The Morgan fingerprint density at radius 2 is 2.13 bits per heavy atom. The largest absolute Gasteiger partial charge is 0.444 e. The lowest BCUT2D eigenvalue weighted by atomic mass is 9.80. The van der Waals surface area contributed by atoms with Gasteiger partial charge in [0.15, 0.2) is 0 Å². The Hall–Kier alpha value is -1.56. The van der Waals surface area contributed by atoms with Gasteiger partial charge in [0.2, 0.25) is 0 Å². The number of hydrogen-bond donors (Lipinski definition) is 3. The molecule has 0 saturated heterocycles. The summed E-state index contributed by atoms with van der Waals surface area (Å²) in [5, 5.41) is 13.2. The van der Waals surface area contributed by atoms with E-state index in [1.54, 1.807) is 6.20 Å². The van der Waals surface area contributed by atoms with Crippen LogP contribution < -0.4 is 10.6 Å². The molecule has 23 heavy (non-hydrogen) atoms. The highest BCUT2D eigenvalue weighted by atomic mass is 16.6. The zero-order valence-electron chi connectivity index (χ0n) is 14.9. The van der Waals surface area contributed by atoms with E-state index in [1.807, 2.05) is 20.8 Å². The highest BCUT2D eigenvalue weighted by Gasteiger charge is 2.25. The van der Waals surface area contributed by atoms with Gasteiger partial charge >= 0.3 is 6.09 Å². The highest BCUT2D eigenvalue weighted by molar-refractivity contribution is 5.84. The number of anilines is 1. The van der Waals surface area contributed by atoms with Crippen LogP contribution in [0.4, 0.5) is 10.6 Å². The van der Waals surface area contributed by atoms with Crippen LogP contribution in [-0.2, 0) is 11.3 Å². The summed E-state index contributed by atoms with van der Waals surface area (Å²) in [6.07, 6.45) is 5.07. The van der Waals surface area contributed by atoms with E-state index in [-0.39, 0.29) is 0 Å². The van der Waals surface area contributed by atoms with Crippen molar-refractivity contribution in [2.75, 3.05) is 5.32 Å². The number of amides is 1. The third-order valence-electron chi connectivity index (χ3n) is 4.36. The van der Waals surface area contributed by atoms with Gasteiger partial charge in [0.05, 0.1) is 6.20 Å². The zero-order chi connectivity index (χ0) is 17.0. The number of H-pyrrole nitrogens is 1. The van der Waals surface area contributed by atoms with Crippen molar-refractivity contribution in [3.63, 3.8) is 0 Å². The van der Waals surface area contributed by atoms with Crippen molar-refractivity contribution in [3.8, 4) is 0 Å². The molecular weight excluding hydrogens is 292 g/mol. The van der Waals surface area contributed by atoms with Gasteiger partial charge in [-0.15, -0.1) is 0 Å². The molecule has 1 heterocycles. The van der Waals surface area contributed by atoms with Crippen LogP contribution in [0.2, 0.25) is 0 Å². The van der Waals surface area contributed by atoms with Gasteiger partial charge in [0, 0.05) is 18.2 Å². The molecule has 6 nitrogen and oxygen atoms in total. The molecule has 130 valence electrons. The molecule has 1 aliphatic rings. The Morgan fingerprint density at radius 1 is 1.39 bits per heavy atom. The van der Waals surface area contributed by atoms with Gasteiger partial charge in [0.25, 0.3) is 0 Å². The minimum Gasteiger partial charge on any atom is -0.444 e. The van der Waals surface area contributed by atoms with Gasteiger partial charge in [0.1, 0.15) is 11.4 Å². The predicted octanol–water partition coefficient (Wildman–Crippen LogP) is 3.67. The van der Waals surface area contributed by atoms with Crippen molar-refractivity contribution in [1.82, 2.24) is 15.5 Å². The van der Waals surface area contributed by atoms with Crippen LogP contribution in [0.3, 0.4) is 0 Å². The topological polar surface area (TPSA) is 79.0 Å². The lowest BCUT2D eigenvalue weighted by Gasteiger charge is -2.33. The first-order valence-electron chi connectivity index (χ1n) is 8.50. The molecule has 0 radical (unpaired) electrons. The van der Waals surface area contributed by atoms with Crippen molar-refractivity contribution < 1.29 is 9.53 Å². The fourth-order valence-electron chi connectivity index (χ4n) is 3.02. The molecule has 3 atom stereocenters. The van der Waals surface area contributed by atoms with Gasteiger partial charge in [-0.05, 0) is 45.4 Å². The van der Waals surface area contributed by atoms with Gasteiger partial charge in [-0.25, -0.2) is 4.79 Å². The van der Waals surface area contributed by atoms with Gasteiger partial charge in [-0.2, -0.15) is 5.10 Å². The second kappa shape index (κ2) is 7.34. The normalized spacial score (nSPS) is 25.2. The van der Waals surface area contributed by atoms with Crippen molar-refractivity contribution in [1.29, 1.82) is 0 Å². The molecule has 0 aromatic carbocycles. The molecule has 1 fully saturated rings. The molecular formula is C17H30N4O2. The molecule has 3 N–H and O–H groups in total. The van der Waals surface area contributed by atoms with Crippen LogP contribution in [0, 0.1) is 11.8 Å². The van der Waals surface area contributed by atoms with Crippen LogP contribution >= 0.6 is 0 Å². The number of ether oxygens (including phenoxy) is 1. The van der Waals surface area contributed by atoms with Crippen LogP contribution in [0.1, 0.15) is 59.4 Å². The number of carbonyl (C=O) groups is 1. The Balaban J connectivity index is 1.89. The number of nitrogens with zero attached hydrogens (tertiary/aromatic N) is 1. The molecule has 1 saturated carbocycles. The fourth-order valence-corrected chi connectivity index (χ4v) is 3.02. The standard InChI is InChI=1S/C17H30N4O2/c1-11-6-7-12(2)14(8-11)18-9-13-10-19-21-15(13)20-16(22)23-17(3,4)5/h10-12,14,18H,6-9H2,1-5H3,(H2,19,20,21,22). The Morgan fingerprint density at radius 3 is 2.83 bits per heavy atom. The second-order valence-electron chi connectivity index (χ2n) is 7.78. The summed E-state index contributed by atoms with van der Waals surface area (Å²) >= 11 is 0. The highest BCUT2D eigenvalue weighted by Crippen LogP contribution is 2.28. The third kappa shape index (κ3) is 5.53. The fraction of sp³-hybridized carbons (Fsp3) is 0.765. The van der Waals surface area contributed by atoms with E-state index in [1.165, 1.54) is 19.3 Å². The quantitative estimate of drug-likeness (QED) is 0.790. The maximum Gasteiger partial charge on any atom is 0.413 e. The summed E-state index contributed by atoms with van der Waals surface area (Å²) in [6, 6.07) is 0.517. The van der Waals surface area contributed by atoms with E-state index in [0.717, 1.165) is 11.5 Å². The first-order chi connectivity index (χ1) is 10.7. The molecule has 0 aliphatic heterocycles. The number of carbonyl (C=O) groups excluding carboxylic acids is 1. The molecule has 1 amide bonds. The van der Waals surface area contributed by atoms with E-state index in [2.05, 4.69) is 34.7 Å². The molecule has 6 heteroatoms. The molecule has 2 rings (SSSR count). The molecule has 1 aliphatic carbocycles. The Kier molecular flexibility index (Phi) is 5.68. The van der Waals surface area contributed by atoms with Crippen LogP contribution in [0.25, 0.3) is 0 Å².